The van der Waals surface area contributed by atoms with Crippen molar-refractivity contribution in [3.63, 3.8) is 0 Å². The van der Waals surface area contributed by atoms with Gasteiger partial charge >= 0.3 is 0 Å². The van der Waals surface area contributed by atoms with E-state index >= 15 is 0 Å². The molecule has 0 bridgehead atoms. The predicted octanol–water partition coefficient (Wildman–Crippen LogP) is 8.04. The largest absolute Gasteiger partial charge is 0.369 e. The molecule has 0 aliphatic carbocycles. The highest BCUT2D eigenvalue weighted by molar-refractivity contribution is 6.19. The quantitative estimate of drug-likeness (QED) is 0.194. The molecule has 9 rings (SSSR count). The Morgan fingerprint density at radius 2 is 1.04 bits per heavy atom. The molecule has 1 atom stereocenters. The summed E-state index contributed by atoms with van der Waals surface area (Å²) in [4.78, 5) is 44.1. The van der Waals surface area contributed by atoms with E-state index in [0.717, 1.165) is 44.1 Å². The minimum absolute atomic E-state index is 0.311. The summed E-state index contributed by atoms with van der Waals surface area (Å²) in [5, 5.41) is 13.7. The van der Waals surface area contributed by atoms with Gasteiger partial charge in [0.05, 0.1) is 22.3 Å². The Kier molecular flexibility index (Phi) is 7.23. The number of amides is 1. The summed E-state index contributed by atoms with van der Waals surface area (Å²) in [6.07, 6.45) is -1.19. The Balaban J connectivity index is 1.32. The molecule has 0 saturated heterocycles. The van der Waals surface area contributed by atoms with E-state index in [1.54, 1.807) is 0 Å². The fourth-order valence-electron chi connectivity index (χ4n) is 7.46. The molecule has 1 unspecified atom stereocenters. The van der Waals surface area contributed by atoms with E-state index in [-0.39, 0.29) is 5.91 Å². The number of aliphatic hydroxyl groups excluding tert-OH is 1. The SMILES string of the molecule is Cc1nc(C)nc(-c2cccc3c4cccc(-c5nc(C)nc(C)n5)c4n(-c4cccc5c4C(=O)N(c4ccc(-c6ccccc6)cc4)C5O)c23)n1. The first-order valence-corrected chi connectivity index (χ1v) is 17.0. The maximum absolute atomic E-state index is 14.7. The molecule has 1 aliphatic rings. The molecule has 0 fully saturated rings. The van der Waals surface area contributed by atoms with Gasteiger partial charge in [0, 0.05) is 33.2 Å². The summed E-state index contributed by atoms with van der Waals surface area (Å²) in [5.41, 5.74) is 7.35. The molecule has 0 saturated carbocycles. The van der Waals surface area contributed by atoms with Crippen LogP contribution in [0.25, 0.3) is 61.4 Å². The van der Waals surface area contributed by atoms with Gasteiger partial charge in [0.1, 0.15) is 23.3 Å². The molecular weight excluding hydrogens is 649 g/mol. The maximum Gasteiger partial charge on any atom is 0.263 e. The molecule has 4 heterocycles. The lowest BCUT2D eigenvalue weighted by molar-refractivity contribution is 0.0935. The van der Waals surface area contributed by atoms with Crippen molar-refractivity contribution in [1.82, 2.24) is 34.5 Å². The molecule has 5 aromatic carbocycles. The molecule has 0 spiro atoms. The highest BCUT2D eigenvalue weighted by atomic mass is 16.3. The summed E-state index contributed by atoms with van der Waals surface area (Å²) in [7, 11) is 0. The molecular formula is C42H32N8O2. The van der Waals surface area contributed by atoms with Crippen LogP contribution in [0.1, 0.15) is 45.4 Å². The lowest BCUT2D eigenvalue weighted by Gasteiger charge is -2.21. The minimum Gasteiger partial charge on any atom is -0.369 e. The van der Waals surface area contributed by atoms with Crippen LogP contribution in [0.3, 0.4) is 0 Å². The van der Waals surface area contributed by atoms with E-state index in [1.807, 2.05) is 125 Å². The predicted molar refractivity (Wildman–Crippen MR) is 201 cm³/mol. The third-order valence-corrected chi connectivity index (χ3v) is 9.53. The summed E-state index contributed by atoms with van der Waals surface area (Å²) in [5.74, 6) is 3.14. The zero-order valence-electron chi connectivity index (χ0n) is 28.9. The fourth-order valence-corrected chi connectivity index (χ4v) is 7.46. The second-order valence-electron chi connectivity index (χ2n) is 12.9. The Labute approximate surface area is 299 Å². The summed E-state index contributed by atoms with van der Waals surface area (Å²) in [6, 6.07) is 35.4. The van der Waals surface area contributed by atoms with Crippen LogP contribution in [0.4, 0.5) is 5.69 Å². The van der Waals surface area contributed by atoms with Gasteiger partial charge in [-0.2, -0.15) is 0 Å². The number of hydrogen-bond acceptors (Lipinski definition) is 8. The second kappa shape index (κ2) is 12.0. The molecule has 0 radical (unpaired) electrons. The van der Waals surface area contributed by atoms with Gasteiger partial charge in [-0.25, -0.2) is 29.9 Å². The number of rotatable bonds is 5. The van der Waals surface area contributed by atoms with Crippen molar-refractivity contribution in [3.05, 3.63) is 144 Å². The number of carbonyl (C=O) groups is 1. The number of fused-ring (bicyclic) bond motifs is 4. The van der Waals surface area contributed by atoms with Crippen molar-refractivity contribution in [3.8, 4) is 39.6 Å². The summed E-state index contributed by atoms with van der Waals surface area (Å²) in [6.45, 7) is 7.40. The van der Waals surface area contributed by atoms with Crippen molar-refractivity contribution in [1.29, 1.82) is 0 Å². The van der Waals surface area contributed by atoms with E-state index in [2.05, 4.69) is 26.7 Å². The molecule has 52 heavy (non-hydrogen) atoms. The number of aromatic nitrogens is 7. The maximum atomic E-state index is 14.7. The van der Waals surface area contributed by atoms with Crippen LogP contribution in [-0.4, -0.2) is 45.5 Å². The van der Waals surface area contributed by atoms with Gasteiger partial charge in [-0.05, 0) is 69.2 Å². The monoisotopic (exact) mass is 680 g/mol. The van der Waals surface area contributed by atoms with Crippen LogP contribution < -0.4 is 4.90 Å². The van der Waals surface area contributed by atoms with E-state index in [9.17, 15) is 9.90 Å². The van der Waals surface area contributed by atoms with Gasteiger partial charge in [-0.3, -0.25) is 9.69 Å². The van der Waals surface area contributed by atoms with Gasteiger partial charge in [-0.15, -0.1) is 0 Å². The van der Waals surface area contributed by atoms with Gasteiger partial charge < -0.3 is 9.67 Å². The first-order chi connectivity index (χ1) is 25.3. The number of para-hydroxylation sites is 2. The number of anilines is 1. The first kappa shape index (κ1) is 31.3. The van der Waals surface area contributed by atoms with Gasteiger partial charge in [-0.1, -0.05) is 78.9 Å². The summed E-state index contributed by atoms with van der Waals surface area (Å²) < 4.78 is 2.09. The van der Waals surface area contributed by atoms with E-state index in [0.29, 0.717) is 57.4 Å². The Morgan fingerprint density at radius 1 is 0.538 bits per heavy atom. The normalized spacial score (nSPS) is 14.1. The number of carbonyl (C=O) groups excluding carboxylic acids is 1. The molecule has 1 amide bonds. The zero-order valence-corrected chi connectivity index (χ0v) is 28.9. The highest BCUT2D eigenvalue weighted by Gasteiger charge is 2.39. The topological polar surface area (TPSA) is 123 Å². The van der Waals surface area contributed by atoms with Crippen molar-refractivity contribution in [2.24, 2.45) is 0 Å². The number of aliphatic hydroxyl groups is 1. The van der Waals surface area contributed by atoms with E-state index < -0.39 is 6.23 Å². The molecule has 10 heteroatoms. The number of nitrogens with zero attached hydrogens (tertiary/aromatic N) is 8. The third-order valence-electron chi connectivity index (χ3n) is 9.53. The van der Waals surface area contributed by atoms with Crippen molar-refractivity contribution >= 4 is 33.4 Å². The standard InChI is InChI=1S/C42H32N8O2/c1-23-43-24(2)46-39(45-23)33-16-8-13-30-31-14-9-17-34(40-47-25(3)44-26(4)48-40)38(31)50(37(30)33)35-18-10-15-32-36(35)42(52)49(41(32)51)29-21-19-28(20-22-29)27-11-6-5-7-12-27/h5-22,41,51H,1-4H3. The van der Waals surface area contributed by atoms with Crippen LogP contribution in [0.2, 0.25) is 0 Å². The van der Waals surface area contributed by atoms with Crippen molar-refractivity contribution in [2.45, 2.75) is 33.9 Å². The van der Waals surface area contributed by atoms with Crippen molar-refractivity contribution < 1.29 is 9.90 Å². The van der Waals surface area contributed by atoms with E-state index in [1.165, 1.54) is 4.90 Å². The van der Waals surface area contributed by atoms with Crippen LogP contribution in [0.5, 0.6) is 0 Å². The van der Waals surface area contributed by atoms with Gasteiger partial charge in [0.25, 0.3) is 5.91 Å². The lowest BCUT2D eigenvalue weighted by atomic mass is 10.1. The smallest absolute Gasteiger partial charge is 0.263 e. The van der Waals surface area contributed by atoms with E-state index in [4.69, 9.17) is 19.9 Å². The molecule has 3 aromatic heterocycles. The average molecular weight is 681 g/mol. The number of hydrogen-bond donors (Lipinski definition) is 1. The molecule has 10 nitrogen and oxygen atoms in total. The van der Waals surface area contributed by atoms with Gasteiger partial charge in [0.2, 0.25) is 0 Å². The number of benzene rings is 5. The first-order valence-electron chi connectivity index (χ1n) is 17.0. The lowest BCUT2D eigenvalue weighted by Crippen LogP contribution is -2.27. The molecule has 1 N–H and O–H groups in total. The average Bonchev–Trinajstić information content (AvgIpc) is 3.62. The third kappa shape index (κ3) is 4.95. The molecule has 8 aromatic rings. The Bertz CT molecular complexity index is 2570. The van der Waals surface area contributed by atoms with Crippen molar-refractivity contribution in [2.75, 3.05) is 4.90 Å². The van der Waals surface area contributed by atoms with Gasteiger partial charge in [0.15, 0.2) is 17.9 Å². The highest BCUT2D eigenvalue weighted by Crippen LogP contribution is 2.45. The zero-order chi connectivity index (χ0) is 35.7. The Morgan fingerprint density at radius 3 is 1.58 bits per heavy atom. The molecule has 252 valence electrons. The fraction of sp³-hybridized carbons (Fsp3) is 0.119. The van der Waals surface area contributed by atoms with Crippen LogP contribution in [0.15, 0.2) is 109 Å². The summed E-state index contributed by atoms with van der Waals surface area (Å²) >= 11 is 0. The van der Waals surface area contributed by atoms with Crippen LogP contribution in [-0.2, 0) is 0 Å². The second-order valence-corrected chi connectivity index (χ2v) is 12.9. The van der Waals surface area contributed by atoms with Crippen LogP contribution in [0, 0.1) is 27.7 Å². The Hall–Kier alpha value is -6.65. The molecule has 1 aliphatic heterocycles. The number of aryl methyl sites for hydroxylation is 4. The van der Waals surface area contributed by atoms with Crippen LogP contribution >= 0.6 is 0 Å². The minimum atomic E-state index is -1.19.